The van der Waals surface area contributed by atoms with E-state index >= 15 is 0 Å². The minimum Gasteiger partial charge on any atom is -0.385 e. The van der Waals surface area contributed by atoms with Crippen LogP contribution in [-0.2, 0) is 9.59 Å². The molecule has 2 aromatic heterocycles. The molecule has 4 fully saturated rings. The summed E-state index contributed by atoms with van der Waals surface area (Å²) in [7, 11) is 0. The van der Waals surface area contributed by atoms with Crippen LogP contribution >= 0.6 is 0 Å². The van der Waals surface area contributed by atoms with E-state index in [2.05, 4.69) is 26.5 Å². The minimum absolute atomic E-state index is 0.148. The number of piperidine rings is 1. The predicted octanol–water partition coefficient (Wildman–Crippen LogP) is 4.78. The molecule has 1 aromatic carbocycles. The molecular formula is C35H37FN6O4. The molecule has 10 nitrogen and oxygen atoms in total. The summed E-state index contributed by atoms with van der Waals surface area (Å²) >= 11 is 0. The molecule has 0 spiro atoms. The molecule has 11 heteroatoms. The van der Waals surface area contributed by atoms with Gasteiger partial charge in [0.25, 0.3) is 11.8 Å². The zero-order valence-corrected chi connectivity index (χ0v) is 25.6. The third-order valence-electron chi connectivity index (χ3n) is 10.5. The molecule has 1 unspecified atom stereocenters. The van der Waals surface area contributed by atoms with Crippen molar-refractivity contribution >= 4 is 29.1 Å². The van der Waals surface area contributed by atoms with Crippen LogP contribution in [0.5, 0.6) is 0 Å². The second kappa shape index (κ2) is 11.5. The first-order valence-corrected chi connectivity index (χ1v) is 16.6. The number of carbonyl (C=O) groups is 4. The highest BCUT2D eigenvalue weighted by Gasteiger charge is 2.44. The van der Waals surface area contributed by atoms with Gasteiger partial charge in [0.1, 0.15) is 11.6 Å². The maximum atomic E-state index is 14.4. The van der Waals surface area contributed by atoms with E-state index in [1.165, 1.54) is 6.20 Å². The van der Waals surface area contributed by atoms with Crippen LogP contribution in [0.25, 0.3) is 11.3 Å². The Bertz CT molecular complexity index is 1750. The maximum Gasteiger partial charge on any atom is 0.262 e. The number of ketones is 2. The van der Waals surface area contributed by atoms with Crippen LogP contribution in [0.2, 0.25) is 0 Å². The first kappa shape index (κ1) is 29.2. The lowest BCUT2D eigenvalue weighted by Crippen LogP contribution is -2.47. The number of amides is 2. The van der Waals surface area contributed by atoms with Gasteiger partial charge < -0.3 is 10.6 Å². The highest BCUT2D eigenvalue weighted by Crippen LogP contribution is 2.47. The quantitative estimate of drug-likeness (QED) is 0.271. The molecule has 0 bridgehead atoms. The number of carbonyl (C=O) groups excluding carboxylic acids is 4. The summed E-state index contributed by atoms with van der Waals surface area (Å²) in [5.74, 6) is -0.616. The number of fused-ring (bicyclic) bond motifs is 1. The molecule has 5 aliphatic rings. The standard InChI is InChI=1S/C35H37FN6O4/c36-22-13-27(20-7-9-37-10-8-20)33(39-17-22)29-18-41(40-32(29)21-1-2-21)24-11-19(12-24)16-38-23-3-5-26-28(14-23)35(46)42(34(26)45)30-6-4-25(43)15-31(30)44/h3,5,13-14,17-21,24,30,37-38H,1-2,4,6-12,15-16H2/t19-,24-,30?. The summed E-state index contributed by atoms with van der Waals surface area (Å²) in [4.78, 5) is 56.0. The molecule has 3 aliphatic carbocycles. The minimum atomic E-state index is -0.869. The van der Waals surface area contributed by atoms with E-state index in [1.54, 1.807) is 24.3 Å². The lowest BCUT2D eigenvalue weighted by Gasteiger charge is -2.35. The van der Waals surface area contributed by atoms with Crippen LogP contribution in [-0.4, -0.2) is 68.7 Å². The molecule has 2 amide bonds. The lowest BCUT2D eigenvalue weighted by molar-refractivity contribution is -0.132. The van der Waals surface area contributed by atoms with Gasteiger partial charge in [-0.3, -0.25) is 33.7 Å². The zero-order chi connectivity index (χ0) is 31.5. The third-order valence-corrected chi connectivity index (χ3v) is 10.5. The van der Waals surface area contributed by atoms with Crippen molar-refractivity contribution in [2.75, 3.05) is 25.0 Å². The number of hydrogen-bond acceptors (Lipinski definition) is 8. The average Bonchev–Trinajstić information content (AvgIpc) is 3.75. The molecule has 1 saturated heterocycles. The van der Waals surface area contributed by atoms with Gasteiger partial charge in [-0.05, 0) is 99.7 Å². The topological polar surface area (TPSA) is 126 Å². The van der Waals surface area contributed by atoms with Crippen molar-refractivity contribution in [1.29, 1.82) is 0 Å². The van der Waals surface area contributed by atoms with Crippen LogP contribution in [0, 0.1) is 11.7 Å². The van der Waals surface area contributed by atoms with Crippen molar-refractivity contribution in [1.82, 2.24) is 25.0 Å². The zero-order valence-electron chi connectivity index (χ0n) is 25.6. The molecule has 2 N–H and O–H groups in total. The fraction of sp³-hybridized carbons (Fsp3) is 0.486. The van der Waals surface area contributed by atoms with Crippen molar-refractivity contribution in [2.45, 2.75) is 81.7 Å². The van der Waals surface area contributed by atoms with E-state index in [0.29, 0.717) is 29.5 Å². The SMILES string of the molecule is O=C1CCC(N2C(=O)c3ccc(NC[C@H]4C[C@H](n5cc(-c6ncc(F)cc6C6CCNCC6)c(C6CC6)n5)C4)cc3C2=O)C(=O)C1. The van der Waals surface area contributed by atoms with Gasteiger partial charge in [0.15, 0.2) is 5.78 Å². The summed E-state index contributed by atoms with van der Waals surface area (Å²) in [5, 5.41) is 11.9. The Labute approximate surface area is 266 Å². The average molecular weight is 625 g/mol. The fourth-order valence-corrected chi connectivity index (χ4v) is 7.69. The van der Waals surface area contributed by atoms with Gasteiger partial charge in [-0.1, -0.05) is 0 Å². The van der Waals surface area contributed by atoms with Gasteiger partial charge in [-0.2, -0.15) is 5.10 Å². The Hall–Kier alpha value is -4.25. The van der Waals surface area contributed by atoms with Gasteiger partial charge in [0, 0.05) is 36.3 Å². The summed E-state index contributed by atoms with van der Waals surface area (Å²) in [6, 6.07) is 6.22. The molecule has 3 aromatic rings. The summed E-state index contributed by atoms with van der Waals surface area (Å²) in [5.41, 5.74) is 5.35. The molecule has 46 heavy (non-hydrogen) atoms. The number of nitrogens with zero attached hydrogens (tertiary/aromatic N) is 4. The second-order valence-electron chi connectivity index (χ2n) is 13.6. The van der Waals surface area contributed by atoms with Gasteiger partial charge >= 0.3 is 0 Å². The number of rotatable bonds is 8. The smallest absolute Gasteiger partial charge is 0.262 e. The van der Waals surface area contributed by atoms with E-state index in [0.717, 1.165) is 84.7 Å². The van der Waals surface area contributed by atoms with Crippen molar-refractivity contribution in [2.24, 2.45) is 5.92 Å². The molecule has 0 radical (unpaired) electrons. The normalized spacial score (nSPS) is 25.2. The Morgan fingerprint density at radius 3 is 2.46 bits per heavy atom. The van der Waals surface area contributed by atoms with Gasteiger partial charge in [0.2, 0.25) is 0 Å². The maximum absolute atomic E-state index is 14.4. The molecule has 238 valence electrons. The summed E-state index contributed by atoms with van der Waals surface area (Å²) < 4.78 is 16.5. The predicted molar refractivity (Wildman–Crippen MR) is 167 cm³/mol. The lowest BCUT2D eigenvalue weighted by atomic mass is 9.80. The number of nitrogens with one attached hydrogen (secondary N) is 2. The molecule has 4 heterocycles. The van der Waals surface area contributed by atoms with E-state index in [9.17, 15) is 23.6 Å². The number of aromatic nitrogens is 3. The molecule has 1 atom stereocenters. The van der Waals surface area contributed by atoms with Crippen molar-refractivity contribution < 1.29 is 23.6 Å². The van der Waals surface area contributed by atoms with Gasteiger partial charge in [-0.25, -0.2) is 4.39 Å². The molecule has 8 rings (SSSR count). The number of Topliss-reactive ketones (excluding diaryl/α,β-unsaturated/α-hetero) is 2. The second-order valence-corrected chi connectivity index (χ2v) is 13.6. The van der Waals surface area contributed by atoms with E-state index in [-0.39, 0.29) is 48.6 Å². The van der Waals surface area contributed by atoms with Crippen LogP contribution < -0.4 is 10.6 Å². The summed E-state index contributed by atoms with van der Waals surface area (Å²) in [6.07, 6.45) is 9.71. The van der Waals surface area contributed by atoms with Gasteiger partial charge in [0.05, 0.1) is 47.2 Å². The molecule has 3 saturated carbocycles. The number of anilines is 1. The van der Waals surface area contributed by atoms with Crippen LogP contribution in [0.15, 0.2) is 36.7 Å². The Kier molecular flexibility index (Phi) is 7.31. The Morgan fingerprint density at radius 1 is 0.913 bits per heavy atom. The number of halogens is 1. The van der Waals surface area contributed by atoms with Crippen LogP contribution in [0.3, 0.4) is 0 Å². The van der Waals surface area contributed by atoms with Crippen molar-refractivity contribution in [3.05, 3.63) is 64.9 Å². The van der Waals surface area contributed by atoms with Crippen LogP contribution in [0.4, 0.5) is 10.1 Å². The van der Waals surface area contributed by atoms with Crippen molar-refractivity contribution in [3.63, 3.8) is 0 Å². The Morgan fingerprint density at radius 2 is 1.70 bits per heavy atom. The highest BCUT2D eigenvalue weighted by atomic mass is 19.1. The monoisotopic (exact) mass is 624 g/mol. The largest absolute Gasteiger partial charge is 0.385 e. The van der Waals surface area contributed by atoms with Crippen molar-refractivity contribution in [3.8, 4) is 11.3 Å². The Balaban J connectivity index is 0.932. The number of imide groups is 1. The van der Waals surface area contributed by atoms with Crippen LogP contribution in [0.1, 0.15) is 108 Å². The number of hydrogen-bond donors (Lipinski definition) is 2. The van der Waals surface area contributed by atoms with Gasteiger partial charge in [-0.15, -0.1) is 0 Å². The number of benzene rings is 1. The summed E-state index contributed by atoms with van der Waals surface area (Å²) in [6.45, 7) is 2.57. The highest BCUT2D eigenvalue weighted by molar-refractivity contribution is 6.24. The molecular weight excluding hydrogens is 587 g/mol. The van der Waals surface area contributed by atoms with E-state index in [1.807, 2.05) is 0 Å². The third kappa shape index (κ3) is 5.24. The first-order chi connectivity index (χ1) is 22.3. The first-order valence-electron chi connectivity index (χ1n) is 16.6. The van der Waals surface area contributed by atoms with E-state index in [4.69, 9.17) is 5.10 Å². The number of pyridine rings is 1. The van der Waals surface area contributed by atoms with E-state index < -0.39 is 17.9 Å². The fourth-order valence-electron chi connectivity index (χ4n) is 7.69. The molecule has 2 aliphatic heterocycles.